The van der Waals surface area contributed by atoms with Gasteiger partial charge in [-0.25, -0.2) is 4.79 Å². The Morgan fingerprint density at radius 3 is 2.50 bits per heavy atom. The molecule has 0 bridgehead atoms. The van der Waals surface area contributed by atoms with E-state index in [0.29, 0.717) is 11.3 Å². The average molecular weight is 198 g/mol. The summed E-state index contributed by atoms with van der Waals surface area (Å²) in [4.78, 5) is 10.7. The third-order valence-electron chi connectivity index (χ3n) is 1.41. The molecule has 4 heteroatoms. The lowest BCUT2D eigenvalue weighted by atomic mass is 10.2. The number of aliphatic hydroxyl groups is 1. The highest BCUT2D eigenvalue weighted by Crippen LogP contribution is 2.09. The first-order valence-electron chi connectivity index (χ1n) is 3.92. The highest BCUT2D eigenvalue weighted by atomic mass is 16.6. The number of methoxy groups -OCH3 is 1. The van der Waals surface area contributed by atoms with Gasteiger partial charge in [0, 0.05) is 0 Å². The lowest BCUT2D eigenvalue weighted by molar-refractivity contribution is -0.144. The topological polar surface area (TPSA) is 55.8 Å². The Morgan fingerprint density at radius 2 is 2.07 bits per heavy atom. The van der Waals surface area contributed by atoms with E-state index in [4.69, 9.17) is 9.84 Å². The van der Waals surface area contributed by atoms with Crippen LogP contribution in [0.1, 0.15) is 6.92 Å². The molecule has 0 rings (SSSR count). The van der Waals surface area contributed by atoms with E-state index in [1.54, 1.807) is 6.92 Å². The summed E-state index contributed by atoms with van der Waals surface area (Å²) in [5, 5.41) is 8.84. The molecule has 0 aliphatic heterocycles. The van der Waals surface area contributed by atoms with E-state index >= 15 is 0 Å². The summed E-state index contributed by atoms with van der Waals surface area (Å²) in [7, 11) is 1.27. The molecule has 0 radical (unpaired) electrons. The largest absolute Gasteiger partial charge is 0.509 e. The predicted octanol–water partition coefficient (Wildman–Crippen LogP) is 1.71. The molecule has 0 saturated carbocycles. The number of hydrogen-bond acceptors (Lipinski definition) is 4. The lowest BCUT2D eigenvalue weighted by Crippen LogP contribution is -2.10. The van der Waals surface area contributed by atoms with Gasteiger partial charge < -0.3 is 14.6 Å². The van der Waals surface area contributed by atoms with Crippen LogP contribution in [-0.4, -0.2) is 24.8 Å². The Morgan fingerprint density at radius 1 is 1.50 bits per heavy atom. The molecule has 0 unspecified atom stereocenters. The van der Waals surface area contributed by atoms with Crippen LogP contribution in [0.15, 0.2) is 36.3 Å². The lowest BCUT2D eigenvalue weighted by Gasteiger charge is -2.07. The zero-order valence-corrected chi connectivity index (χ0v) is 8.37. The summed E-state index contributed by atoms with van der Waals surface area (Å²) in [6.07, 6.45) is 1.39. The van der Waals surface area contributed by atoms with Crippen LogP contribution >= 0.6 is 0 Å². The van der Waals surface area contributed by atoms with Gasteiger partial charge in [-0.3, -0.25) is 0 Å². The van der Waals surface area contributed by atoms with E-state index < -0.39 is 5.97 Å². The Hall–Kier alpha value is -1.71. The van der Waals surface area contributed by atoms with Crippen molar-refractivity contribution in [2.24, 2.45) is 0 Å². The van der Waals surface area contributed by atoms with Crippen molar-refractivity contribution in [1.29, 1.82) is 0 Å². The molecular weight excluding hydrogens is 184 g/mol. The average Bonchev–Trinajstić information content (AvgIpc) is 2.12. The zero-order chi connectivity index (χ0) is 11.1. The molecule has 1 N–H and O–H groups in total. The summed E-state index contributed by atoms with van der Waals surface area (Å²) in [5.74, 6) is -0.280. The molecule has 0 atom stereocenters. The molecule has 0 aromatic carbocycles. The predicted molar refractivity (Wildman–Crippen MR) is 52.6 cm³/mol. The highest BCUT2D eigenvalue weighted by Gasteiger charge is 2.03. The second kappa shape index (κ2) is 5.85. The van der Waals surface area contributed by atoms with Gasteiger partial charge in [-0.15, -0.1) is 0 Å². The van der Waals surface area contributed by atoms with Gasteiger partial charge in [-0.05, 0) is 18.6 Å². The summed E-state index contributed by atoms with van der Waals surface area (Å²) in [6.45, 7) is 8.33. The van der Waals surface area contributed by atoms with E-state index in [1.165, 1.54) is 13.2 Å². The fraction of sp³-hybridized carbons (Fsp3) is 0.300. The third kappa shape index (κ3) is 5.03. The second-order valence-corrected chi connectivity index (χ2v) is 2.61. The Labute approximate surface area is 83.1 Å². The number of rotatable bonds is 5. The molecule has 0 aromatic heterocycles. The molecule has 0 heterocycles. The number of allylic oxidation sites excluding steroid dienone is 2. The number of esters is 1. The van der Waals surface area contributed by atoms with Crippen LogP contribution in [0, 0.1) is 0 Å². The summed E-state index contributed by atoms with van der Waals surface area (Å²) in [5.41, 5.74) is 0.599. The van der Waals surface area contributed by atoms with Crippen LogP contribution < -0.4 is 0 Å². The maximum atomic E-state index is 10.7. The molecule has 0 amide bonds. The van der Waals surface area contributed by atoms with Crippen molar-refractivity contribution in [1.82, 2.24) is 0 Å². The van der Waals surface area contributed by atoms with Crippen molar-refractivity contribution < 1.29 is 19.4 Å². The van der Waals surface area contributed by atoms with E-state index in [1.807, 2.05) is 0 Å². The Kier molecular flexibility index (Phi) is 5.14. The smallest absolute Gasteiger partial charge is 0.343 e. The van der Waals surface area contributed by atoms with Gasteiger partial charge in [0.2, 0.25) is 0 Å². The summed E-state index contributed by atoms with van der Waals surface area (Å²) < 4.78 is 9.34. The number of ether oxygens (including phenoxy) is 2. The van der Waals surface area contributed by atoms with Crippen LogP contribution in [0.2, 0.25) is 0 Å². The number of carbonyl (C=O) groups is 1. The van der Waals surface area contributed by atoms with Crippen LogP contribution in [0.3, 0.4) is 0 Å². The zero-order valence-electron chi connectivity index (χ0n) is 8.37. The number of hydrogen-bond donors (Lipinski definition) is 1. The van der Waals surface area contributed by atoms with Gasteiger partial charge in [0.25, 0.3) is 0 Å². The second-order valence-electron chi connectivity index (χ2n) is 2.61. The molecule has 4 nitrogen and oxygen atoms in total. The van der Waals surface area contributed by atoms with Crippen molar-refractivity contribution in [2.75, 3.05) is 13.7 Å². The first kappa shape index (κ1) is 12.3. The summed E-state index contributed by atoms with van der Waals surface area (Å²) >= 11 is 0. The van der Waals surface area contributed by atoms with Crippen LogP contribution in [0.4, 0.5) is 0 Å². The molecule has 0 aromatic rings. The quantitative estimate of drug-likeness (QED) is 0.415. The van der Waals surface area contributed by atoms with Crippen molar-refractivity contribution in [3.63, 3.8) is 0 Å². The standard InChI is InChI=1S/C10H14O4/c1-7(5-8(2)11)9(3)14-6-10(12)13-4/h5,11H,2-3,6H2,1,4H3/b7-5-. The molecular formula is C10H14O4. The molecule has 78 valence electrons. The third-order valence-corrected chi connectivity index (χ3v) is 1.41. The molecule has 0 saturated heterocycles. The van der Waals surface area contributed by atoms with Crippen molar-refractivity contribution in [2.45, 2.75) is 6.92 Å². The van der Waals surface area contributed by atoms with E-state index in [9.17, 15) is 4.79 Å². The van der Waals surface area contributed by atoms with Crippen molar-refractivity contribution in [3.05, 3.63) is 36.3 Å². The normalized spacial score (nSPS) is 10.6. The van der Waals surface area contributed by atoms with Crippen LogP contribution in [0.25, 0.3) is 0 Å². The minimum Gasteiger partial charge on any atom is -0.509 e. The first-order valence-corrected chi connectivity index (χ1v) is 3.92. The number of aliphatic hydroxyl groups excluding tert-OH is 1. The van der Waals surface area contributed by atoms with Crippen molar-refractivity contribution in [3.8, 4) is 0 Å². The maximum absolute atomic E-state index is 10.7. The first-order chi connectivity index (χ1) is 6.47. The van der Waals surface area contributed by atoms with Crippen LogP contribution in [0.5, 0.6) is 0 Å². The van der Waals surface area contributed by atoms with Gasteiger partial charge in [0.1, 0.15) is 11.5 Å². The van der Waals surface area contributed by atoms with Gasteiger partial charge in [-0.1, -0.05) is 13.2 Å². The SMILES string of the molecule is C=C(O)/C=C(/C)C(=C)OCC(=O)OC. The monoisotopic (exact) mass is 198 g/mol. The molecule has 0 aliphatic carbocycles. The summed E-state index contributed by atoms with van der Waals surface area (Å²) in [6, 6.07) is 0. The molecule has 0 fully saturated rings. The number of carbonyl (C=O) groups excluding carboxylic acids is 1. The Balaban J connectivity index is 4.09. The fourth-order valence-electron chi connectivity index (χ4n) is 0.649. The van der Waals surface area contributed by atoms with Gasteiger partial charge in [0.15, 0.2) is 6.61 Å². The highest BCUT2D eigenvalue weighted by molar-refractivity contribution is 5.70. The van der Waals surface area contributed by atoms with E-state index in [-0.39, 0.29) is 12.4 Å². The van der Waals surface area contributed by atoms with Crippen LogP contribution in [-0.2, 0) is 14.3 Å². The van der Waals surface area contributed by atoms with Gasteiger partial charge in [-0.2, -0.15) is 0 Å². The van der Waals surface area contributed by atoms with E-state index in [2.05, 4.69) is 17.9 Å². The molecule has 0 spiro atoms. The maximum Gasteiger partial charge on any atom is 0.343 e. The van der Waals surface area contributed by atoms with Gasteiger partial charge in [0.05, 0.1) is 7.11 Å². The molecule has 14 heavy (non-hydrogen) atoms. The minimum absolute atomic E-state index is 0.0923. The Bertz CT molecular complexity index is 276. The fourth-order valence-corrected chi connectivity index (χ4v) is 0.649. The van der Waals surface area contributed by atoms with Gasteiger partial charge >= 0.3 is 5.97 Å². The van der Waals surface area contributed by atoms with Crippen molar-refractivity contribution >= 4 is 5.97 Å². The minimum atomic E-state index is -0.484. The van der Waals surface area contributed by atoms with E-state index in [0.717, 1.165) is 0 Å². The molecule has 0 aliphatic rings.